The number of nitrogens with zero attached hydrogens (tertiary/aromatic N) is 1. The number of para-hydroxylation sites is 1. The number of rotatable bonds is 4. The summed E-state index contributed by atoms with van der Waals surface area (Å²) in [6.07, 6.45) is 6.41. The molecule has 4 bridgehead atoms. The van der Waals surface area contributed by atoms with E-state index in [0.717, 1.165) is 34.2 Å². The normalized spacial score (nSPS) is 31.4. The minimum Gasteiger partial charge on any atom is -0.491 e. The van der Waals surface area contributed by atoms with E-state index in [1.165, 1.54) is 32.1 Å². The van der Waals surface area contributed by atoms with E-state index in [1.54, 1.807) is 0 Å². The standard InChI is InChI=1S/C34H32N2O5/c37-32(35-31-22-10-19-9-20(12-22)13-23(31)11-19)24-6-2-1-5-21(24)16-36-27-8-4-3-7-25(27)34(33(36)38)17-39-28-15-30-29(14-26(28)34)40-18-41-30/h1-8,14-15,19-20,22-23,31H,9-13,16-18H2,(H,35,37). The largest absolute Gasteiger partial charge is 0.491 e. The van der Waals surface area contributed by atoms with Crippen molar-refractivity contribution >= 4 is 17.5 Å². The molecule has 10 rings (SSSR count). The van der Waals surface area contributed by atoms with Crippen LogP contribution in [0.25, 0.3) is 0 Å². The molecule has 3 aliphatic heterocycles. The Labute approximate surface area is 238 Å². The highest BCUT2D eigenvalue weighted by molar-refractivity contribution is 6.11. The molecule has 3 heterocycles. The van der Waals surface area contributed by atoms with Crippen molar-refractivity contribution in [1.82, 2.24) is 5.32 Å². The number of amides is 2. The molecule has 1 unspecified atom stereocenters. The number of nitrogens with one attached hydrogen (secondary N) is 1. The minimum atomic E-state index is -0.968. The topological polar surface area (TPSA) is 77.1 Å². The first-order chi connectivity index (χ1) is 20.1. The van der Waals surface area contributed by atoms with Gasteiger partial charge in [0.2, 0.25) is 12.7 Å². The molecule has 0 saturated heterocycles. The molecule has 1 N–H and O–H groups in total. The van der Waals surface area contributed by atoms with Gasteiger partial charge in [0, 0.05) is 28.9 Å². The van der Waals surface area contributed by atoms with Crippen LogP contribution in [0.3, 0.4) is 0 Å². The van der Waals surface area contributed by atoms with Gasteiger partial charge < -0.3 is 24.4 Å². The highest BCUT2D eigenvalue weighted by Gasteiger charge is 2.57. The summed E-state index contributed by atoms with van der Waals surface area (Å²) in [4.78, 5) is 30.1. The van der Waals surface area contributed by atoms with Crippen LogP contribution in [0.2, 0.25) is 0 Å². The molecule has 0 aromatic heterocycles. The summed E-state index contributed by atoms with van der Waals surface area (Å²) in [5.74, 6) is 4.77. The van der Waals surface area contributed by atoms with Crippen molar-refractivity contribution in [3.05, 3.63) is 82.9 Å². The molecule has 41 heavy (non-hydrogen) atoms. The van der Waals surface area contributed by atoms with Crippen LogP contribution in [-0.2, 0) is 16.8 Å². The van der Waals surface area contributed by atoms with Crippen LogP contribution in [0.5, 0.6) is 17.2 Å². The molecule has 4 fully saturated rings. The number of benzene rings is 3. The molecule has 3 aromatic carbocycles. The third-order valence-corrected chi connectivity index (χ3v) is 10.8. The molecule has 7 nitrogen and oxygen atoms in total. The summed E-state index contributed by atoms with van der Waals surface area (Å²) in [7, 11) is 0. The van der Waals surface area contributed by atoms with Crippen molar-refractivity contribution in [2.75, 3.05) is 18.3 Å². The second kappa shape index (κ2) is 8.51. The Bertz CT molecular complexity index is 1590. The van der Waals surface area contributed by atoms with E-state index < -0.39 is 5.41 Å². The van der Waals surface area contributed by atoms with Crippen LogP contribution in [0, 0.1) is 23.7 Å². The molecule has 4 saturated carbocycles. The monoisotopic (exact) mass is 548 g/mol. The summed E-state index contributed by atoms with van der Waals surface area (Å²) in [6.45, 7) is 0.680. The summed E-state index contributed by atoms with van der Waals surface area (Å²) >= 11 is 0. The van der Waals surface area contributed by atoms with Crippen LogP contribution in [0.1, 0.15) is 59.2 Å². The van der Waals surface area contributed by atoms with E-state index in [9.17, 15) is 9.59 Å². The lowest BCUT2D eigenvalue weighted by molar-refractivity contribution is -0.122. The summed E-state index contributed by atoms with van der Waals surface area (Å²) in [5.41, 5.74) is 3.10. The zero-order valence-corrected chi connectivity index (χ0v) is 22.8. The number of carbonyl (C=O) groups is 2. The van der Waals surface area contributed by atoms with Gasteiger partial charge in [-0.1, -0.05) is 36.4 Å². The van der Waals surface area contributed by atoms with Crippen LogP contribution in [0.15, 0.2) is 60.7 Å². The number of anilines is 1. The molecule has 0 radical (unpaired) electrons. The lowest BCUT2D eigenvalue weighted by Gasteiger charge is -2.54. The van der Waals surface area contributed by atoms with Crippen molar-refractivity contribution in [2.24, 2.45) is 23.7 Å². The molecule has 2 amide bonds. The molecule has 208 valence electrons. The first kappa shape index (κ1) is 23.7. The summed E-state index contributed by atoms with van der Waals surface area (Å²) < 4.78 is 17.4. The quantitative estimate of drug-likeness (QED) is 0.485. The van der Waals surface area contributed by atoms with Gasteiger partial charge in [0.1, 0.15) is 17.8 Å². The number of ether oxygens (including phenoxy) is 3. The van der Waals surface area contributed by atoms with Crippen molar-refractivity contribution in [1.29, 1.82) is 0 Å². The van der Waals surface area contributed by atoms with E-state index in [1.807, 2.05) is 65.6 Å². The van der Waals surface area contributed by atoms with E-state index in [0.29, 0.717) is 41.2 Å². The maximum absolute atomic E-state index is 14.5. The molecule has 3 aromatic rings. The third-order valence-electron chi connectivity index (χ3n) is 10.8. The van der Waals surface area contributed by atoms with Crippen LogP contribution < -0.4 is 24.4 Å². The van der Waals surface area contributed by atoms with E-state index in [4.69, 9.17) is 14.2 Å². The van der Waals surface area contributed by atoms with Gasteiger partial charge >= 0.3 is 0 Å². The van der Waals surface area contributed by atoms with E-state index in [-0.39, 0.29) is 31.3 Å². The number of hydrogen-bond acceptors (Lipinski definition) is 5. The molecular weight excluding hydrogens is 516 g/mol. The smallest absolute Gasteiger partial charge is 0.251 e. The molecule has 1 atom stereocenters. The average Bonchev–Trinajstić information content (AvgIpc) is 3.66. The lowest BCUT2D eigenvalue weighted by Crippen LogP contribution is -2.55. The van der Waals surface area contributed by atoms with Gasteiger partial charge in [-0.25, -0.2) is 0 Å². The zero-order valence-electron chi connectivity index (χ0n) is 22.8. The fourth-order valence-electron chi connectivity index (χ4n) is 9.16. The average molecular weight is 549 g/mol. The lowest BCUT2D eigenvalue weighted by atomic mass is 9.54. The van der Waals surface area contributed by atoms with Gasteiger partial charge in [-0.2, -0.15) is 0 Å². The molecule has 7 heteroatoms. The van der Waals surface area contributed by atoms with Gasteiger partial charge in [0.15, 0.2) is 11.5 Å². The first-order valence-electron chi connectivity index (χ1n) is 15.0. The summed E-state index contributed by atoms with van der Waals surface area (Å²) in [5, 5.41) is 3.47. The second-order valence-corrected chi connectivity index (χ2v) is 12.9. The zero-order chi connectivity index (χ0) is 27.3. The van der Waals surface area contributed by atoms with Gasteiger partial charge in [-0.05, 0) is 85.1 Å². The van der Waals surface area contributed by atoms with Crippen molar-refractivity contribution in [2.45, 2.75) is 50.1 Å². The number of hydrogen-bond donors (Lipinski definition) is 1. The van der Waals surface area contributed by atoms with Crippen LogP contribution in [0.4, 0.5) is 5.69 Å². The van der Waals surface area contributed by atoms with E-state index in [2.05, 4.69) is 5.32 Å². The Morgan fingerprint density at radius 2 is 1.54 bits per heavy atom. The molecular formula is C34H32N2O5. The maximum atomic E-state index is 14.5. The van der Waals surface area contributed by atoms with Crippen LogP contribution in [-0.4, -0.2) is 31.3 Å². The predicted molar refractivity (Wildman–Crippen MR) is 151 cm³/mol. The van der Waals surface area contributed by atoms with Crippen molar-refractivity contribution in [3.63, 3.8) is 0 Å². The van der Waals surface area contributed by atoms with Gasteiger partial charge in [0.25, 0.3) is 5.91 Å². The SMILES string of the molecule is O=C(NC1C2CC3CC(C2)CC1C3)c1ccccc1CN1C(=O)C2(COc3cc4c(cc32)OCO4)c2ccccc21. The summed E-state index contributed by atoms with van der Waals surface area (Å²) in [6, 6.07) is 19.7. The fourth-order valence-corrected chi connectivity index (χ4v) is 9.16. The second-order valence-electron chi connectivity index (χ2n) is 12.9. The van der Waals surface area contributed by atoms with Gasteiger partial charge in [-0.15, -0.1) is 0 Å². The Morgan fingerprint density at radius 3 is 2.34 bits per heavy atom. The van der Waals surface area contributed by atoms with Crippen LogP contribution >= 0.6 is 0 Å². The fraction of sp³-hybridized carbons (Fsp3) is 0.412. The Hall–Kier alpha value is -4.00. The highest BCUT2D eigenvalue weighted by atomic mass is 16.7. The Balaban J connectivity index is 1.04. The van der Waals surface area contributed by atoms with Crippen molar-refractivity contribution < 1.29 is 23.8 Å². The molecule has 7 aliphatic rings. The number of fused-ring (bicyclic) bond motifs is 5. The number of carbonyl (C=O) groups excluding carboxylic acids is 2. The minimum absolute atomic E-state index is 0.0185. The van der Waals surface area contributed by atoms with Gasteiger partial charge in [0.05, 0.1) is 6.54 Å². The Kier molecular flexibility index (Phi) is 4.91. The predicted octanol–water partition coefficient (Wildman–Crippen LogP) is 5.20. The first-order valence-corrected chi connectivity index (χ1v) is 15.0. The van der Waals surface area contributed by atoms with Crippen molar-refractivity contribution in [3.8, 4) is 17.2 Å². The Morgan fingerprint density at radius 1 is 0.829 bits per heavy atom. The third kappa shape index (κ3) is 3.32. The van der Waals surface area contributed by atoms with Gasteiger partial charge in [-0.3, -0.25) is 9.59 Å². The molecule has 1 spiro atoms. The van der Waals surface area contributed by atoms with E-state index >= 15 is 0 Å². The highest BCUT2D eigenvalue weighted by Crippen LogP contribution is 2.56. The molecule has 4 aliphatic carbocycles. The maximum Gasteiger partial charge on any atom is 0.251 e.